The number of nitrogens with one attached hydrogen (secondary N) is 2. The molecule has 2 N–H and O–H groups in total. The molecule has 2 rings (SSSR count). The van der Waals surface area contributed by atoms with Gasteiger partial charge in [-0.1, -0.05) is 0 Å². The van der Waals surface area contributed by atoms with Crippen molar-refractivity contribution in [1.29, 1.82) is 0 Å². The van der Waals surface area contributed by atoms with Crippen LogP contribution in [-0.2, 0) is 0 Å². The van der Waals surface area contributed by atoms with Gasteiger partial charge in [0, 0.05) is 39.3 Å². The molecule has 5 nitrogen and oxygen atoms in total. The van der Waals surface area contributed by atoms with E-state index in [9.17, 15) is 4.79 Å². The molecule has 2 saturated heterocycles. The van der Waals surface area contributed by atoms with E-state index in [1.165, 1.54) is 0 Å². The van der Waals surface area contributed by atoms with E-state index in [1.54, 1.807) is 0 Å². The first kappa shape index (κ1) is 12.5. The fraction of sp³-hybridized carbons (Fsp3) is 0.889. The van der Waals surface area contributed by atoms with E-state index < -0.39 is 0 Å². The molecule has 0 saturated carbocycles. The lowest BCUT2D eigenvalue weighted by atomic mass is 10.1. The van der Waals surface area contributed by atoms with Crippen LogP contribution in [0.15, 0.2) is 0 Å². The smallest absolute Gasteiger partial charge is 0.317 e. The maximum Gasteiger partial charge on any atom is 0.317 e. The quantitative estimate of drug-likeness (QED) is 0.633. The van der Waals surface area contributed by atoms with Crippen molar-refractivity contribution in [3.63, 3.8) is 0 Å². The molecule has 0 atom stereocenters. The number of likely N-dealkylation sites (N-methyl/N-ethyl adjacent to an activating group) is 1. The highest BCUT2D eigenvalue weighted by molar-refractivity contribution is 5.85. The zero-order valence-corrected chi connectivity index (χ0v) is 9.85. The molecule has 0 aromatic rings. The average molecular weight is 235 g/mol. The number of urea groups is 1. The first-order chi connectivity index (χ1) is 6.75. The highest BCUT2D eigenvalue weighted by Gasteiger charge is 2.26. The van der Waals surface area contributed by atoms with E-state index in [1.807, 2.05) is 4.90 Å². The van der Waals surface area contributed by atoms with Crippen LogP contribution in [0.2, 0.25) is 0 Å². The molecule has 6 heteroatoms. The molecule has 2 amide bonds. The third-order valence-corrected chi connectivity index (χ3v) is 2.80. The Morgan fingerprint density at radius 1 is 1.33 bits per heavy atom. The van der Waals surface area contributed by atoms with Crippen molar-refractivity contribution in [1.82, 2.24) is 20.4 Å². The predicted molar refractivity (Wildman–Crippen MR) is 61.5 cm³/mol. The second-order valence-corrected chi connectivity index (χ2v) is 4.10. The van der Waals surface area contributed by atoms with Crippen LogP contribution in [-0.4, -0.2) is 68.2 Å². The van der Waals surface area contributed by atoms with Crippen LogP contribution >= 0.6 is 12.4 Å². The Bertz CT molecular complexity index is 214. The van der Waals surface area contributed by atoms with Crippen molar-refractivity contribution in [2.45, 2.75) is 6.04 Å². The Morgan fingerprint density at radius 2 is 1.93 bits per heavy atom. The topological polar surface area (TPSA) is 47.6 Å². The lowest BCUT2D eigenvalue weighted by Gasteiger charge is -2.38. The number of likely N-dealkylation sites (tertiary alicyclic amines) is 1. The third kappa shape index (κ3) is 3.22. The van der Waals surface area contributed by atoms with Gasteiger partial charge in [0.15, 0.2) is 0 Å². The molecule has 0 radical (unpaired) electrons. The fourth-order valence-electron chi connectivity index (χ4n) is 1.92. The second kappa shape index (κ2) is 5.53. The molecule has 0 aromatic heterocycles. The van der Waals surface area contributed by atoms with Gasteiger partial charge >= 0.3 is 6.03 Å². The molecule has 2 aliphatic rings. The van der Waals surface area contributed by atoms with Gasteiger partial charge in [0.05, 0.1) is 6.04 Å². The Balaban J connectivity index is 0.00000112. The molecule has 0 spiro atoms. The minimum absolute atomic E-state index is 0. The lowest BCUT2D eigenvalue weighted by molar-refractivity contribution is 0.143. The molecule has 0 unspecified atom stereocenters. The predicted octanol–water partition coefficient (Wildman–Crippen LogP) is -0.663. The number of halogens is 1. The van der Waals surface area contributed by atoms with Gasteiger partial charge in [0.25, 0.3) is 0 Å². The maximum absolute atomic E-state index is 11.7. The van der Waals surface area contributed by atoms with Crippen LogP contribution in [0.3, 0.4) is 0 Å². The summed E-state index contributed by atoms with van der Waals surface area (Å²) in [7, 11) is 2.06. The van der Waals surface area contributed by atoms with E-state index in [0.29, 0.717) is 6.04 Å². The normalized spacial score (nSPS) is 22.9. The summed E-state index contributed by atoms with van der Waals surface area (Å²) >= 11 is 0. The monoisotopic (exact) mass is 234 g/mol. The Morgan fingerprint density at radius 3 is 2.47 bits per heavy atom. The molecule has 0 aliphatic carbocycles. The van der Waals surface area contributed by atoms with Gasteiger partial charge < -0.3 is 20.4 Å². The van der Waals surface area contributed by atoms with Crippen LogP contribution in [0.1, 0.15) is 0 Å². The summed E-state index contributed by atoms with van der Waals surface area (Å²) in [5.41, 5.74) is 0. The van der Waals surface area contributed by atoms with Crippen LogP contribution in [0, 0.1) is 0 Å². The number of carbonyl (C=O) groups is 1. The molecular formula is C9H19ClN4O. The van der Waals surface area contributed by atoms with E-state index in [-0.39, 0.29) is 18.4 Å². The molecule has 0 bridgehead atoms. The Hall–Kier alpha value is -0.520. The van der Waals surface area contributed by atoms with Crippen molar-refractivity contribution >= 4 is 18.4 Å². The number of rotatable bonds is 1. The highest BCUT2D eigenvalue weighted by Crippen LogP contribution is 2.04. The van der Waals surface area contributed by atoms with Crippen molar-refractivity contribution < 1.29 is 4.79 Å². The van der Waals surface area contributed by atoms with Gasteiger partial charge in [0.2, 0.25) is 0 Å². The summed E-state index contributed by atoms with van der Waals surface area (Å²) in [5.74, 6) is 0. The zero-order chi connectivity index (χ0) is 9.97. The summed E-state index contributed by atoms with van der Waals surface area (Å²) in [4.78, 5) is 15.8. The SMILES string of the molecule is CN1CC(NC(=O)N2CCNCC2)C1.Cl. The number of nitrogens with zero attached hydrogens (tertiary/aromatic N) is 2. The van der Waals surface area contributed by atoms with Gasteiger partial charge in [-0.3, -0.25) is 0 Å². The van der Waals surface area contributed by atoms with Crippen molar-refractivity contribution in [3.8, 4) is 0 Å². The first-order valence-electron chi connectivity index (χ1n) is 5.20. The van der Waals surface area contributed by atoms with Gasteiger partial charge in [-0.05, 0) is 7.05 Å². The number of carbonyl (C=O) groups excluding carboxylic acids is 1. The van der Waals surface area contributed by atoms with Crippen molar-refractivity contribution in [2.24, 2.45) is 0 Å². The zero-order valence-electron chi connectivity index (χ0n) is 9.03. The van der Waals surface area contributed by atoms with Crippen LogP contribution < -0.4 is 10.6 Å². The Labute approximate surface area is 96.6 Å². The van der Waals surface area contributed by atoms with E-state index in [0.717, 1.165) is 39.3 Å². The van der Waals surface area contributed by atoms with Crippen molar-refractivity contribution in [3.05, 3.63) is 0 Å². The van der Waals surface area contributed by atoms with Gasteiger partial charge in [-0.15, -0.1) is 12.4 Å². The minimum Gasteiger partial charge on any atom is -0.333 e. The van der Waals surface area contributed by atoms with Crippen LogP contribution in [0.25, 0.3) is 0 Å². The summed E-state index contributed by atoms with van der Waals surface area (Å²) in [6, 6.07) is 0.465. The molecule has 88 valence electrons. The third-order valence-electron chi connectivity index (χ3n) is 2.80. The van der Waals surface area contributed by atoms with Gasteiger partial charge in [-0.25, -0.2) is 4.79 Å². The van der Waals surface area contributed by atoms with Gasteiger partial charge in [-0.2, -0.15) is 0 Å². The number of hydrogen-bond acceptors (Lipinski definition) is 3. The van der Waals surface area contributed by atoms with E-state index >= 15 is 0 Å². The summed E-state index contributed by atoms with van der Waals surface area (Å²) in [6.45, 7) is 5.45. The van der Waals surface area contributed by atoms with Crippen LogP contribution in [0.5, 0.6) is 0 Å². The summed E-state index contributed by atoms with van der Waals surface area (Å²) < 4.78 is 0. The summed E-state index contributed by atoms with van der Waals surface area (Å²) in [6.07, 6.45) is 0. The largest absolute Gasteiger partial charge is 0.333 e. The molecule has 2 heterocycles. The fourth-order valence-corrected chi connectivity index (χ4v) is 1.92. The van der Waals surface area contributed by atoms with Gasteiger partial charge in [0.1, 0.15) is 0 Å². The summed E-state index contributed by atoms with van der Waals surface area (Å²) in [5, 5.41) is 6.26. The number of amides is 2. The maximum atomic E-state index is 11.7. The number of hydrogen-bond donors (Lipinski definition) is 2. The van der Waals surface area contributed by atoms with E-state index in [2.05, 4.69) is 22.6 Å². The molecular weight excluding hydrogens is 216 g/mol. The highest BCUT2D eigenvalue weighted by atomic mass is 35.5. The first-order valence-corrected chi connectivity index (χ1v) is 5.20. The lowest BCUT2D eigenvalue weighted by Crippen LogP contribution is -2.61. The Kier molecular flexibility index (Phi) is 4.63. The number of piperazine rings is 1. The van der Waals surface area contributed by atoms with Crippen LogP contribution in [0.4, 0.5) is 4.79 Å². The molecule has 0 aromatic carbocycles. The standard InChI is InChI=1S/C9H18N4O.ClH/c1-12-6-8(7-12)11-9(14)13-4-2-10-3-5-13;/h8,10H,2-7H2,1H3,(H,11,14);1H. The average Bonchev–Trinajstić information content (AvgIpc) is 2.17. The second-order valence-electron chi connectivity index (χ2n) is 4.10. The molecule has 2 aliphatic heterocycles. The van der Waals surface area contributed by atoms with Crippen molar-refractivity contribution in [2.75, 3.05) is 46.3 Å². The molecule has 15 heavy (non-hydrogen) atoms. The minimum atomic E-state index is 0. The molecule has 2 fully saturated rings. The van der Waals surface area contributed by atoms with E-state index in [4.69, 9.17) is 0 Å².